The van der Waals surface area contributed by atoms with Crippen LogP contribution in [0.15, 0.2) is 24.3 Å². The Balaban J connectivity index is 0.00000162. The van der Waals surface area contributed by atoms with Gasteiger partial charge in [-0.05, 0) is 31.5 Å². The van der Waals surface area contributed by atoms with Crippen molar-refractivity contribution in [2.45, 2.75) is 19.9 Å². The van der Waals surface area contributed by atoms with E-state index in [1.807, 2.05) is 31.2 Å². The fourth-order valence-electron chi connectivity index (χ4n) is 2.04. The van der Waals surface area contributed by atoms with Crippen LogP contribution in [0.2, 0.25) is 5.02 Å². The molecule has 1 aliphatic heterocycles. The lowest BCUT2D eigenvalue weighted by Crippen LogP contribution is -2.40. The first-order valence-electron chi connectivity index (χ1n) is 5.84. The number of halogens is 2. The maximum Gasteiger partial charge on any atom is 0.227 e. The Hall–Kier alpha value is -0.770. The topological polar surface area (TPSA) is 41.1 Å². The molecule has 5 heteroatoms. The lowest BCUT2D eigenvalue weighted by Gasteiger charge is -2.21. The zero-order valence-corrected chi connectivity index (χ0v) is 11.9. The summed E-state index contributed by atoms with van der Waals surface area (Å²) in [5.41, 5.74) is 0.679. The highest BCUT2D eigenvalue weighted by Crippen LogP contribution is 2.24. The Morgan fingerprint density at radius 3 is 2.83 bits per heavy atom. The molecule has 1 amide bonds. The number of carbonyl (C=O) groups excluding carboxylic acids is 1. The number of benzene rings is 1. The van der Waals surface area contributed by atoms with Crippen molar-refractivity contribution in [2.24, 2.45) is 5.41 Å². The van der Waals surface area contributed by atoms with Gasteiger partial charge in [-0.15, -0.1) is 12.4 Å². The minimum absolute atomic E-state index is 0. The van der Waals surface area contributed by atoms with Gasteiger partial charge in [-0.1, -0.05) is 29.8 Å². The minimum atomic E-state index is -0.277. The largest absolute Gasteiger partial charge is 0.351 e. The van der Waals surface area contributed by atoms with Crippen molar-refractivity contribution in [1.82, 2.24) is 10.6 Å². The van der Waals surface area contributed by atoms with Crippen molar-refractivity contribution in [3.05, 3.63) is 34.9 Å². The average Bonchev–Trinajstić information content (AvgIpc) is 2.76. The van der Waals surface area contributed by atoms with Gasteiger partial charge in [-0.3, -0.25) is 4.79 Å². The summed E-state index contributed by atoms with van der Waals surface area (Å²) in [6.07, 6.45) is 0.890. The van der Waals surface area contributed by atoms with Crippen LogP contribution in [0.3, 0.4) is 0 Å². The summed E-state index contributed by atoms with van der Waals surface area (Å²) < 4.78 is 0. The SMILES string of the molecule is CC1(C(=O)NCc2ccccc2Cl)CCNC1.Cl. The number of rotatable bonds is 3. The lowest BCUT2D eigenvalue weighted by atomic mass is 9.89. The van der Waals surface area contributed by atoms with Crippen LogP contribution in [0.5, 0.6) is 0 Å². The fraction of sp³-hybridized carbons (Fsp3) is 0.462. The van der Waals surface area contributed by atoms with Gasteiger partial charge in [0.1, 0.15) is 0 Å². The number of amides is 1. The molecule has 2 rings (SSSR count). The van der Waals surface area contributed by atoms with E-state index in [1.165, 1.54) is 0 Å². The van der Waals surface area contributed by atoms with Crippen LogP contribution in [-0.2, 0) is 11.3 Å². The lowest BCUT2D eigenvalue weighted by molar-refractivity contribution is -0.129. The van der Waals surface area contributed by atoms with Crippen molar-refractivity contribution < 1.29 is 4.79 Å². The predicted octanol–water partition coefficient (Wildman–Crippen LogP) is 2.38. The van der Waals surface area contributed by atoms with Crippen LogP contribution < -0.4 is 10.6 Å². The normalized spacial score (nSPS) is 22.3. The van der Waals surface area contributed by atoms with Crippen LogP contribution in [-0.4, -0.2) is 19.0 Å². The number of nitrogens with one attached hydrogen (secondary N) is 2. The maximum absolute atomic E-state index is 12.1. The first-order chi connectivity index (χ1) is 8.12. The van der Waals surface area contributed by atoms with Gasteiger partial charge in [0, 0.05) is 18.1 Å². The zero-order valence-electron chi connectivity index (χ0n) is 10.3. The number of carbonyl (C=O) groups is 1. The van der Waals surface area contributed by atoms with Gasteiger partial charge in [-0.25, -0.2) is 0 Å². The Bertz CT molecular complexity index is 417. The average molecular weight is 289 g/mol. The van der Waals surface area contributed by atoms with Crippen molar-refractivity contribution >= 4 is 29.9 Å². The molecule has 1 atom stereocenters. The second-order valence-electron chi connectivity index (χ2n) is 4.76. The molecule has 1 aromatic carbocycles. The molecule has 0 radical (unpaired) electrons. The Morgan fingerprint density at radius 2 is 2.22 bits per heavy atom. The summed E-state index contributed by atoms with van der Waals surface area (Å²) in [7, 11) is 0. The van der Waals surface area contributed by atoms with Crippen molar-refractivity contribution in [3.63, 3.8) is 0 Å². The summed E-state index contributed by atoms with van der Waals surface area (Å²) in [5, 5.41) is 6.87. The number of hydrogen-bond acceptors (Lipinski definition) is 2. The molecular weight excluding hydrogens is 271 g/mol. The van der Waals surface area contributed by atoms with E-state index in [4.69, 9.17) is 11.6 Å². The van der Waals surface area contributed by atoms with Crippen LogP contribution in [0.1, 0.15) is 18.9 Å². The van der Waals surface area contributed by atoms with Gasteiger partial charge in [-0.2, -0.15) is 0 Å². The van der Waals surface area contributed by atoms with E-state index in [2.05, 4.69) is 10.6 Å². The molecule has 3 nitrogen and oxygen atoms in total. The van der Waals surface area contributed by atoms with Gasteiger partial charge < -0.3 is 10.6 Å². The van der Waals surface area contributed by atoms with Crippen molar-refractivity contribution in [3.8, 4) is 0 Å². The van der Waals surface area contributed by atoms with Crippen LogP contribution in [0, 0.1) is 5.41 Å². The first kappa shape index (κ1) is 15.3. The molecule has 1 aliphatic rings. The highest BCUT2D eigenvalue weighted by Gasteiger charge is 2.35. The van der Waals surface area contributed by atoms with Gasteiger partial charge in [0.05, 0.1) is 5.41 Å². The van der Waals surface area contributed by atoms with Crippen LogP contribution in [0.4, 0.5) is 0 Å². The molecule has 18 heavy (non-hydrogen) atoms. The summed E-state index contributed by atoms with van der Waals surface area (Å²) in [6, 6.07) is 7.57. The van der Waals surface area contributed by atoms with E-state index in [9.17, 15) is 4.79 Å². The summed E-state index contributed by atoms with van der Waals surface area (Å²) >= 11 is 6.04. The smallest absolute Gasteiger partial charge is 0.227 e. The second kappa shape index (κ2) is 6.41. The first-order valence-corrected chi connectivity index (χ1v) is 6.22. The molecule has 1 fully saturated rings. The van der Waals surface area contributed by atoms with Crippen LogP contribution >= 0.6 is 24.0 Å². The standard InChI is InChI=1S/C13H17ClN2O.ClH/c1-13(6-7-15-9-13)12(17)16-8-10-4-2-3-5-11(10)14;/h2-5,15H,6-9H2,1H3,(H,16,17);1H. The highest BCUT2D eigenvalue weighted by molar-refractivity contribution is 6.31. The minimum Gasteiger partial charge on any atom is -0.351 e. The molecule has 1 unspecified atom stereocenters. The molecule has 1 saturated heterocycles. The summed E-state index contributed by atoms with van der Waals surface area (Å²) in [6.45, 7) is 4.15. The summed E-state index contributed by atoms with van der Waals surface area (Å²) in [4.78, 5) is 12.1. The van der Waals surface area contributed by atoms with Gasteiger partial charge in [0.25, 0.3) is 0 Å². The monoisotopic (exact) mass is 288 g/mol. The molecule has 0 spiro atoms. The third-order valence-electron chi connectivity index (χ3n) is 3.31. The van der Waals surface area contributed by atoms with Crippen molar-refractivity contribution in [2.75, 3.05) is 13.1 Å². The second-order valence-corrected chi connectivity index (χ2v) is 5.17. The molecule has 0 saturated carbocycles. The van der Waals surface area contributed by atoms with E-state index in [-0.39, 0.29) is 23.7 Å². The van der Waals surface area contributed by atoms with E-state index >= 15 is 0 Å². The maximum atomic E-state index is 12.1. The van der Waals surface area contributed by atoms with E-state index < -0.39 is 0 Å². The highest BCUT2D eigenvalue weighted by atomic mass is 35.5. The van der Waals surface area contributed by atoms with Crippen LogP contribution in [0.25, 0.3) is 0 Å². The fourth-order valence-corrected chi connectivity index (χ4v) is 2.24. The Kier molecular flexibility index (Phi) is 5.45. The molecule has 0 bridgehead atoms. The van der Waals surface area contributed by atoms with E-state index in [1.54, 1.807) is 0 Å². The Morgan fingerprint density at radius 1 is 1.50 bits per heavy atom. The number of hydrogen-bond donors (Lipinski definition) is 2. The molecule has 2 N–H and O–H groups in total. The third-order valence-corrected chi connectivity index (χ3v) is 3.68. The predicted molar refractivity (Wildman–Crippen MR) is 76.1 cm³/mol. The van der Waals surface area contributed by atoms with Gasteiger partial charge in [0.2, 0.25) is 5.91 Å². The molecular formula is C13H18Cl2N2O. The van der Waals surface area contributed by atoms with E-state index in [0.717, 1.165) is 25.1 Å². The molecule has 1 heterocycles. The molecule has 0 aromatic heterocycles. The van der Waals surface area contributed by atoms with Gasteiger partial charge >= 0.3 is 0 Å². The summed E-state index contributed by atoms with van der Waals surface area (Å²) in [5.74, 6) is 0.0995. The molecule has 0 aliphatic carbocycles. The quantitative estimate of drug-likeness (QED) is 0.897. The van der Waals surface area contributed by atoms with Crippen molar-refractivity contribution in [1.29, 1.82) is 0 Å². The molecule has 100 valence electrons. The van der Waals surface area contributed by atoms with Gasteiger partial charge in [0.15, 0.2) is 0 Å². The molecule has 1 aromatic rings. The zero-order chi connectivity index (χ0) is 12.3. The Labute approximate surface area is 119 Å². The van der Waals surface area contributed by atoms with E-state index in [0.29, 0.717) is 11.6 Å². The third kappa shape index (κ3) is 3.37.